The van der Waals surface area contributed by atoms with Gasteiger partial charge in [0.1, 0.15) is 0 Å². The minimum atomic E-state index is -4.11. The Morgan fingerprint density at radius 3 is 2.25 bits per heavy atom. The van der Waals surface area contributed by atoms with E-state index in [2.05, 4.69) is 0 Å². The SMILES string of the molecule is Cc1ccc2ccc(S(=O)(=O)O)cc2c1.N. The zero-order chi connectivity index (χ0) is 11.1. The molecule has 0 aliphatic rings. The third-order valence-corrected chi connectivity index (χ3v) is 3.11. The molecule has 16 heavy (non-hydrogen) atoms. The van der Waals surface area contributed by atoms with E-state index < -0.39 is 10.1 Å². The monoisotopic (exact) mass is 239 g/mol. The van der Waals surface area contributed by atoms with Crippen LogP contribution in [0.4, 0.5) is 0 Å². The van der Waals surface area contributed by atoms with Gasteiger partial charge in [-0.1, -0.05) is 29.8 Å². The molecule has 86 valence electrons. The van der Waals surface area contributed by atoms with Crippen LogP contribution in [0.2, 0.25) is 0 Å². The quantitative estimate of drug-likeness (QED) is 0.748. The standard InChI is InChI=1S/C11H10O3S.H3N/c1-8-2-3-9-4-5-11(15(12,13)14)7-10(9)6-8;/h2-7H,1H3,(H,12,13,14);1H3. The van der Waals surface area contributed by atoms with Gasteiger partial charge < -0.3 is 6.15 Å². The van der Waals surface area contributed by atoms with Gasteiger partial charge in [0.05, 0.1) is 4.90 Å². The van der Waals surface area contributed by atoms with Crippen LogP contribution in [0, 0.1) is 6.92 Å². The van der Waals surface area contributed by atoms with Crippen molar-refractivity contribution < 1.29 is 13.0 Å². The van der Waals surface area contributed by atoms with E-state index in [0.717, 1.165) is 16.3 Å². The maximum absolute atomic E-state index is 10.9. The summed E-state index contributed by atoms with van der Waals surface area (Å²) in [5.41, 5.74) is 1.05. The van der Waals surface area contributed by atoms with Crippen LogP contribution < -0.4 is 6.15 Å². The Hall–Kier alpha value is -1.43. The van der Waals surface area contributed by atoms with Gasteiger partial charge in [-0.25, -0.2) is 0 Å². The average Bonchev–Trinajstić information content (AvgIpc) is 2.15. The summed E-state index contributed by atoms with van der Waals surface area (Å²) in [5, 5.41) is 1.76. The minimum Gasteiger partial charge on any atom is -0.344 e. The minimum absolute atomic E-state index is 0. The fourth-order valence-electron chi connectivity index (χ4n) is 1.50. The maximum Gasteiger partial charge on any atom is 0.294 e. The molecular weight excluding hydrogens is 226 g/mol. The molecule has 0 atom stereocenters. The topological polar surface area (TPSA) is 89.4 Å². The van der Waals surface area contributed by atoms with E-state index in [1.807, 2.05) is 25.1 Å². The summed E-state index contributed by atoms with van der Waals surface area (Å²) in [5.74, 6) is 0. The Morgan fingerprint density at radius 2 is 1.62 bits per heavy atom. The van der Waals surface area contributed by atoms with Crippen LogP contribution in [0.5, 0.6) is 0 Å². The molecule has 2 aromatic carbocycles. The third kappa shape index (κ3) is 2.38. The second-order valence-corrected chi connectivity index (χ2v) is 4.91. The summed E-state index contributed by atoms with van der Waals surface area (Å²) in [6.45, 7) is 1.93. The van der Waals surface area contributed by atoms with Gasteiger partial charge in [-0.05, 0) is 29.8 Å². The fourth-order valence-corrected chi connectivity index (χ4v) is 2.02. The highest BCUT2D eigenvalue weighted by Crippen LogP contribution is 2.20. The van der Waals surface area contributed by atoms with Crippen LogP contribution in [0.15, 0.2) is 41.3 Å². The normalized spacial score (nSPS) is 11.1. The molecule has 0 spiro atoms. The number of fused-ring (bicyclic) bond motifs is 1. The summed E-state index contributed by atoms with van der Waals surface area (Å²) in [6.07, 6.45) is 0. The van der Waals surface area contributed by atoms with Gasteiger partial charge in [-0.3, -0.25) is 4.55 Å². The highest BCUT2D eigenvalue weighted by molar-refractivity contribution is 7.85. The zero-order valence-electron chi connectivity index (χ0n) is 8.84. The number of benzene rings is 2. The van der Waals surface area contributed by atoms with E-state index in [0.29, 0.717) is 0 Å². The Kier molecular flexibility index (Phi) is 3.32. The smallest absolute Gasteiger partial charge is 0.294 e. The molecule has 2 aromatic rings. The van der Waals surface area contributed by atoms with Crippen molar-refractivity contribution in [2.75, 3.05) is 0 Å². The third-order valence-electron chi connectivity index (χ3n) is 2.27. The van der Waals surface area contributed by atoms with Crippen molar-refractivity contribution in [3.63, 3.8) is 0 Å². The predicted octanol–water partition coefficient (Wildman–Crippen LogP) is 2.56. The van der Waals surface area contributed by atoms with Gasteiger partial charge in [0, 0.05) is 0 Å². The van der Waals surface area contributed by atoms with Crippen molar-refractivity contribution in [2.45, 2.75) is 11.8 Å². The second kappa shape index (κ2) is 4.21. The first-order chi connectivity index (χ1) is 6.97. The second-order valence-electron chi connectivity index (χ2n) is 3.49. The highest BCUT2D eigenvalue weighted by atomic mass is 32.2. The number of hydrogen-bond donors (Lipinski definition) is 2. The van der Waals surface area contributed by atoms with Crippen molar-refractivity contribution in [1.29, 1.82) is 0 Å². The van der Waals surface area contributed by atoms with Crippen molar-refractivity contribution in [3.05, 3.63) is 42.0 Å². The summed E-state index contributed by atoms with van der Waals surface area (Å²) in [4.78, 5) is -0.0689. The molecular formula is C11H13NO3S. The number of hydrogen-bond acceptors (Lipinski definition) is 3. The van der Waals surface area contributed by atoms with Gasteiger partial charge >= 0.3 is 0 Å². The molecule has 0 aliphatic carbocycles. The average molecular weight is 239 g/mol. The Morgan fingerprint density at radius 1 is 1.00 bits per heavy atom. The van der Waals surface area contributed by atoms with Gasteiger partial charge in [0.25, 0.3) is 10.1 Å². The Bertz CT molecular complexity index is 620. The first kappa shape index (κ1) is 12.6. The number of aryl methyl sites for hydroxylation is 1. The highest BCUT2D eigenvalue weighted by Gasteiger charge is 2.09. The predicted molar refractivity (Wildman–Crippen MR) is 63.5 cm³/mol. The lowest BCUT2D eigenvalue weighted by atomic mass is 10.1. The van der Waals surface area contributed by atoms with Gasteiger partial charge in [-0.2, -0.15) is 8.42 Å². The van der Waals surface area contributed by atoms with Crippen LogP contribution in [-0.2, 0) is 10.1 Å². The van der Waals surface area contributed by atoms with E-state index in [1.54, 1.807) is 6.07 Å². The van der Waals surface area contributed by atoms with Gasteiger partial charge in [-0.15, -0.1) is 0 Å². The molecule has 0 unspecified atom stereocenters. The molecule has 4 nitrogen and oxygen atoms in total. The lowest BCUT2D eigenvalue weighted by Crippen LogP contribution is -1.97. The summed E-state index contributed by atoms with van der Waals surface area (Å²) < 4.78 is 30.7. The van der Waals surface area contributed by atoms with E-state index in [1.165, 1.54) is 12.1 Å². The van der Waals surface area contributed by atoms with E-state index in [4.69, 9.17) is 4.55 Å². The molecule has 2 rings (SSSR count). The molecule has 0 aromatic heterocycles. The maximum atomic E-state index is 10.9. The lowest BCUT2D eigenvalue weighted by Gasteiger charge is -2.01. The molecule has 0 amide bonds. The van der Waals surface area contributed by atoms with E-state index >= 15 is 0 Å². The van der Waals surface area contributed by atoms with Crippen molar-refractivity contribution >= 4 is 20.9 Å². The van der Waals surface area contributed by atoms with Crippen LogP contribution in [-0.4, -0.2) is 13.0 Å². The van der Waals surface area contributed by atoms with Crippen molar-refractivity contribution in [2.24, 2.45) is 0 Å². The van der Waals surface area contributed by atoms with E-state index in [-0.39, 0.29) is 11.0 Å². The van der Waals surface area contributed by atoms with Gasteiger partial charge in [0.15, 0.2) is 0 Å². The molecule has 0 heterocycles. The molecule has 0 saturated carbocycles. The molecule has 0 saturated heterocycles. The summed E-state index contributed by atoms with van der Waals surface area (Å²) in [7, 11) is -4.11. The molecule has 0 aliphatic heterocycles. The number of rotatable bonds is 1. The fraction of sp³-hybridized carbons (Fsp3) is 0.0909. The first-order valence-corrected chi connectivity index (χ1v) is 5.89. The molecule has 0 radical (unpaired) electrons. The van der Waals surface area contributed by atoms with Crippen LogP contribution in [0.1, 0.15) is 5.56 Å². The van der Waals surface area contributed by atoms with E-state index in [9.17, 15) is 8.42 Å². The van der Waals surface area contributed by atoms with Crippen LogP contribution >= 0.6 is 0 Å². The first-order valence-electron chi connectivity index (χ1n) is 4.45. The molecule has 0 bridgehead atoms. The molecule has 0 fully saturated rings. The van der Waals surface area contributed by atoms with Gasteiger partial charge in [0.2, 0.25) is 0 Å². The Labute approximate surface area is 94.2 Å². The largest absolute Gasteiger partial charge is 0.344 e. The summed E-state index contributed by atoms with van der Waals surface area (Å²) in [6, 6.07) is 10.3. The van der Waals surface area contributed by atoms with Crippen molar-refractivity contribution in [3.8, 4) is 0 Å². The lowest BCUT2D eigenvalue weighted by molar-refractivity contribution is 0.483. The van der Waals surface area contributed by atoms with Crippen molar-refractivity contribution in [1.82, 2.24) is 6.15 Å². The zero-order valence-corrected chi connectivity index (χ0v) is 9.66. The summed E-state index contributed by atoms with van der Waals surface area (Å²) >= 11 is 0. The Balaban J connectivity index is 0.00000128. The van der Waals surface area contributed by atoms with Crippen LogP contribution in [0.3, 0.4) is 0 Å². The molecule has 5 heteroatoms. The van der Waals surface area contributed by atoms with Crippen LogP contribution in [0.25, 0.3) is 10.8 Å². The molecule has 4 N–H and O–H groups in total.